The van der Waals surface area contributed by atoms with Crippen LogP contribution in [0.2, 0.25) is 20.1 Å². The highest BCUT2D eigenvalue weighted by Gasteiger charge is 2.22. The van der Waals surface area contributed by atoms with E-state index in [1.165, 1.54) is 18.2 Å². The van der Waals surface area contributed by atoms with Crippen LogP contribution in [0.1, 0.15) is 15.9 Å². The minimum atomic E-state index is -0.448. The predicted octanol–water partition coefficient (Wildman–Crippen LogP) is 4.70. The summed E-state index contributed by atoms with van der Waals surface area (Å²) in [5, 5.41) is 0.328. The van der Waals surface area contributed by atoms with Crippen LogP contribution < -0.4 is 11.5 Å². The van der Waals surface area contributed by atoms with E-state index < -0.39 is 5.78 Å². The van der Waals surface area contributed by atoms with Gasteiger partial charge in [0, 0.05) is 16.9 Å². The van der Waals surface area contributed by atoms with Gasteiger partial charge in [0.15, 0.2) is 5.78 Å². The third-order valence-corrected chi connectivity index (χ3v) is 4.22. The minimum absolute atomic E-state index is 0.00890. The number of halogens is 4. The molecular weight excluding hydrogens is 342 g/mol. The van der Waals surface area contributed by atoms with Crippen LogP contribution in [-0.2, 0) is 0 Å². The van der Waals surface area contributed by atoms with Crippen LogP contribution in [0.3, 0.4) is 0 Å². The normalized spacial score (nSPS) is 10.6. The van der Waals surface area contributed by atoms with Crippen molar-refractivity contribution in [2.45, 2.75) is 0 Å². The Bertz CT molecular complexity index is 716. The Morgan fingerprint density at radius 3 is 2.15 bits per heavy atom. The third-order valence-electron chi connectivity index (χ3n) is 2.66. The predicted molar refractivity (Wildman–Crippen MR) is 85.2 cm³/mol. The summed E-state index contributed by atoms with van der Waals surface area (Å²) in [7, 11) is 0. The van der Waals surface area contributed by atoms with Crippen LogP contribution >= 0.6 is 46.4 Å². The van der Waals surface area contributed by atoms with E-state index >= 15 is 0 Å². The Kier molecular flexibility index (Phi) is 4.35. The molecule has 0 heterocycles. The Morgan fingerprint density at radius 2 is 1.55 bits per heavy atom. The number of benzene rings is 2. The lowest BCUT2D eigenvalue weighted by Crippen LogP contribution is -2.07. The second-order valence-electron chi connectivity index (χ2n) is 4.02. The highest BCUT2D eigenvalue weighted by molar-refractivity contribution is 6.51. The second-order valence-corrected chi connectivity index (χ2v) is 5.59. The molecule has 0 unspecified atom stereocenters. The van der Waals surface area contributed by atoms with Gasteiger partial charge in [-0.3, -0.25) is 4.79 Å². The quantitative estimate of drug-likeness (QED) is 0.357. The number of ketones is 1. The van der Waals surface area contributed by atoms with E-state index in [1.807, 2.05) is 0 Å². The van der Waals surface area contributed by atoms with Crippen LogP contribution in [0.4, 0.5) is 11.4 Å². The number of hydrogen-bond donors (Lipinski definition) is 2. The molecule has 2 aromatic carbocycles. The summed E-state index contributed by atoms with van der Waals surface area (Å²) in [6.45, 7) is 0. The first-order chi connectivity index (χ1) is 9.32. The van der Waals surface area contributed by atoms with Crippen molar-refractivity contribution in [1.82, 2.24) is 0 Å². The summed E-state index contributed by atoms with van der Waals surface area (Å²) >= 11 is 23.8. The molecule has 0 bridgehead atoms. The standard InChI is InChI=1S/C13H8Cl4N2O/c14-7-4-8(15)11(16)12(17)10(7)13(20)6-2-1-5(18)3-9(6)19/h1-4H,18-19H2. The van der Waals surface area contributed by atoms with Crippen molar-refractivity contribution in [3.63, 3.8) is 0 Å². The molecule has 0 aromatic heterocycles. The van der Waals surface area contributed by atoms with E-state index in [1.54, 1.807) is 6.07 Å². The Labute approximate surface area is 135 Å². The first-order valence-electron chi connectivity index (χ1n) is 5.35. The molecule has 0 fully saturated rings. The smallest absolute Gasteiger partial charge is 0.198 e. The van der Waals surface area contributed by atoms with Gasteiger partial charge < -0.3 is 11.5 Å². The van der Waals surface area contributed by atoms with Gasteiger partial charge in [-0.05, 0) is 24.3 Å². The van der Waals surface area contributed by atoms with Gasteiger partial charge in [0.25, 0.3) is 0 Å². The zero-order valence-corrected chi connectivity index (χ0v) is 12.9. The zero-order chi connectivity index (χ0) is 15.0. The van der Waals surface area contributed by atoms with E-state index in [0.717, 1.165) is 0 Å². The van der Waals surface area contributed by atoms with Crippen LogP contribution in [0, 0.1) is 0 Å². The number of anilines is 2. The molecule has 104 valence electrons. The summed E-state index contributed by atoms with van der Waals surface area (Å²) in [4.78, 5) is 12.5. The number of carbonyl (C=O) groups is 1. The Hall–Kier alpha value is -1.13. The molecule has 0 saturated carbocycles. The molecule has 20 heavy (non-hydrogen) atoms. The number of hydrogen-bond acceptors (Lipinski definition) is 3. The van der Waals surface area contributed by atoms with E-state index in [2.05, 4.69) is 0 Å². The fraction of sp³-hybridized carbons (Fsp3) is 0. The lowest BCUT2D eigenvalue weighted by molar-refractivity contribution is 0.104. The van der Waals surface area contributed by atoms with Gasteiger partial charge in [-0.15, -0.1) is 0 Å². The molecule has 2 rings (SSSR count). The van der Waals surface area contributed by atoms with Crippen LogP contribution in [0.15, 0.2) is 24.3 Å². The summed E-state index contributed by atoms with van der Waals surface area (Å²) in [6, 6.07) is 5.90. The van der Waals surface area contributed by atoms with E-state index in [-0.39, 0.29) is 36.9 Å². The van der Waals surface area contributed by atoms with Gasteiger partial charge in [-0.25, -0.2) is 0 Å². The largest absolute Gasteiger partial charge is 0.399 e. The number of carbonyl (C=O) groups excluding carboxylic acids is 1. The molecule has 0 saturated heterocycles. The molecule has 0 atom stereocenters. The van der Waals surface area contributed by atoms with Crippen LogP contribution in [0.25, 0.3) is 0 Å². The number of rotatable bonds is 2. The first-order valence-corrected chi connectivity index (χ1v) is 6.86. The lowest BCUT2D eigenvalue weighted by Gasteiger charge is -2.11. The average molecular weight is 350 g/mol. The monoisotopic (exact) mass is 348 g/mol. The molecule has 2 aromatic rings. The maximum absolute atomic E-state index is 12.5. The zero-order valence-electron chi connectivity index (χ0n) is 9.88. The van der Waals surface area contributed by atoms with Crippen molar-refractivity contribution >= 4 is 63.6 Å². The van der Waals surface area contributed by atoms with Crippen molar-refractivity contribution in [2.24, 2.45) is 0 Å². The number of nitrogens with two attached hydrogens (primary N) is 2. The molecule has 0 spiro atoms. The Balaban J connectivity index is 2.63. The van der Waals surface area contributed by atoms with E-state index in [0.29, 0.717) is 5.69 Å². The van der Waals surface area contributed by atoms with Gasteiger partial charge in [-0.1, -0.05) is 46.4 Å². The third kappa shape index (κ3) is 2.67. The topological polar surface area (TPSA) is 69.1 Å². The summed E-state index contributed by atoms with van der Waals surface area (Å²) in [6.07, 6.45) is 0. The molecular formula is C13H8Cl4N2O. The molecule has 0 amide bonds. The van der Waals surface area contributed by atoms with Crippen LogP contribution in [0.5, 0.6) is 0 Å². The number of nitrogen functional groups attached to an aromatic ring is 2. The maximum atomic E-state index is 12.5. The van der Waals surface area contributed by atoms with Crippen molar-refractivity contribution in [1.29, 1.82) is 0 Å². The van der Waals surface area contributed by atoms with Crippen molar-refractivity contribution in [2.75, 3.05) is 11.5 Å². The average Bonchev–Trinajstić information content (AvgIpc) is 2.36. The lowest BCUT2D eigenvalue weighted by atomic mass is 10.0. The van der Waals surface area contributed by atoms with Crippen molar-refractivity contribution in [3.05, 3.63) is 55.5 Å². The fourth-order valence-corrected chi connectivity index (χ4v) is 2.78. The molecule has 3 nitrogen and oxygen atoms in total. The van der Waals surface area contributed by atoms with Crippen molar-refractivity contribution < 1.29 is 4.79 Å². The summed E-state index contributed by atoms with van der Waals surface area (Å²) in [5.41, 5.74) is 12.3. The SMILES string of the molecule is Nc1ccc(C(=O)c2c(Cl)cc(Cl)c(Cl)c2Cl)c(N)c1. The molecule has 0 radical (unpaired) electrons. The molecule has 0 aliphatic rings. The minimum Gasteiger partial charge on any atom is -0.399 e. The van der Waals surface area contributed by atoms with E-state index in [9.17, 15) is 4.79 Å². The van der Waals surface area contributed by atoms with Crippen molar-refractivity contribution in [3.8, 4) is 0 Å². The first kappa shape index (κ1) is 15.3. The Morgan fingerprint density at radius 1 is 0.900 bits per heavy atom. The summed E-state index contributed by atoms with van der Waals surface area (Å²) in [5.74, 6) is -0.448. The van der Waals surface area contributed by atoms with Gasteiger partial charge in [0.1, 0.15) is 0 Å². The highest BCUT2D eigenvalue weighted by Crippen LogP contribution is 2.39. The second kappa shape index (κ2) is 5.70. The molecule has 7 heteroatoms. The van der Waals surface area contributed by atoms with Gasteiger partial charge in [0.2, 0.25) is 0 Å². The van der Waals surface area contributed by atoms with Gasteiger partial charge in [-0.2, -0.15) is 0 Å². The molecule has 0 aliphatic heterocycles. The maximum Gasteiger partial charge on any atom is 0.198 e. The van der Waals surface area contributed by atoms with Gasteiger partial charge >= 0.3 is 0 Å². The molecule has 0 aliphatic carbocycles. The fourth-order valence-electron chi connectivity index (χ4n) is 1.70. The molecule has 4 N–H and O–H groups in total. The van der Waals surface area contributed by atoms with Gasteiger partial charge in [0.05, 0.1) is 25.7 Å². The highest BCUT2D eigenvalue weighted by atomic mass is 35.5. The van der Waals surface area contributed by atoms with E-state index in [4.69, 9.17) is 57.9 Å². The summed E-state index contributed by atoms with van der Waals surface area (Å²) < 4.78 is 0. The van der Waals surface area contributed by atoms with Crippen LogP contribution in [-0.4, -0.2) is 5.78 Å².